The highest BCUT2D eigenvalue weighted by Gasteiger charge is 2.15. The van der Waals surface area contributed by atoms with Gasteiger partial charge in [0.25, 0.3) is 0 Å². The van der Waals surface area contributed by atoms with Crippen LogP contribution >= 0.6 is 0 Å². The van der Waals surface area contributed by atoms with Gasteiger partial charge in [0.2, 0.25) is 0 Å². The van der Waals surface area contributed by atoms with Crippen LogP contribution in [0.3, 0.4) is 0 Å². The van der Waals surface area contributed by atoms with E-state index in [1.165, 1.54) is 0 Å². The number of amides is 1. The Balaban J connectivity index is 1.93. The number of rotatable bonds is 3. The molecule has 20 heavy (non-hydrogen) atoms. The molecular weight excluding hydrogens is 256 g/mol. The normalized spacial score (nSPS) is 11.6. The first-order chi connectivity index (χ1) is 9.37. The predicted octanol–water partition coefficient (Wildman–Crippen LogP) is 2.10. The van der Waals surface area contributed by atoms with Gasteiger partial charge in [-0.05, 0) is 32.9 Å². The predicted molar refractivity (Wildman–Crippen MR) is 76.9 cm³/mol. The van der Waals surface area contributed by atoms with Crippen LogP contribution in [0.5, 0.6) is 0 Å². The Morgan fingerprint density at radius 1 is 1.35 bits per heavy atom. The van der Waals surface area contributed by atoms with E-state index in [1.54, 1.807) is 0 Å². The van der Waals surface area contributed by atoms with Gasteiger partial charge in [-0.2, -0.15) is 0 Å². The number of hydrogen-bond donors (Lipinski definition) is 2. The molecule has 0 saturated heterocycles. The second kappa shape index (κ2) is 5.50. The summed E-state index contributed by atoms with van der Waals surface area (Å²) in [4.78, 5) is 16.0. The molecule has 0 aliphatic heterocycles. The second-order valence-corrected chi connectivity index (χ2v) is 5.56. The summed E-state index contributed by atoms with van der Waals surface area (Å²) < 4.78 is 7.11. The number of aromatic nitrogens is 2. The molecule has 0 bridgehead atoms. The van der Waals surface area contributed by atoms with Gasteiger partial charge in [-0.3, -0.25) is 5.43 Å². The third kappa shape index (κ3) is 3.48. The molecule has 2 N–H and O–H groups in total. The van der Waals surface area contributed by atoms with Crippen LogP contribution in [-0.4, -0.2) is 21.2 Å². The Kier molecular flexibility index (Phi) is 3.94. The van der Waals surface area contributed by atoms with E-state index in [1.807, 2.05) is 56.7 Å². The van der Waals surface area contributed by atoms with Crippen LogP contribution in [0.25, 0.3) is 11.0 Å². The highest BCUT2D eigenvalue weighted by Crippen LogP contribution is 2.13. The summed E-state index contributed by atoms with van der Waals surface area (Å²) in [5.41, 5.74) is 6.79. The number of hydrogen-bond acceptors (Lipinski definition) is 4. The smallest absolute Gasteiger partial charge is 0.422 e. The van der Waals surface area contributed by atoms with Crippen molar-refractivity contribution in [2.45, 2.75) is 32.9 Å². The molecule has 1 aromatic heterocycles. The van der Waals surface area contributed by atoms with E-state index in [9.17, 15) is 4.79 Å². The quantitative estimate of drug-likeness (QED) is 0.842. The third-order valence-corrected chi connectivity index (χ3v) is 2.72. The summed E-state index contributed by atoms with van der Waals surface area (Å²) in [6.45, 7) is 5.87. The topological polar surface area (TPSA) is 68.2 Å². The van der Waals surface area contributed by atoms with Gasteiger partial charge in [-0.15, -0.1) is 0 Å². The van der Waals surface area contributed by atoms with Gasteiger partial charge in [0.15, 0.2) is 0 Å². The minimum atomic E-state index is -0.510. The number of para-hydroxylation sites is 2. The van der Waals surface area contributed by atoms with Gasteiger partial charge in [0.05, 0.1) is 17.6 Å². The van der Waals surface area contributed by atoms with Crippen LogP contribution in [0.15, 0.2) is 24.3 Å². The average molecular weight is 276 g/mol. The number of hydrazine groups is 1. The number of imidazole rings is 1. The molecule has 0 atom stereocenters. The van der Waals surface area contributed by atoms with Crippen molar-refractivity contribution in [2.75, 3.05) is 0 Å². The van der Waals surface area contributed by atoms with E-state index >= 15 is 0 Å². The number of carbonyl (C=O) groups excluding carboxylic acids is 1. The molecule has 0 aliphatic rings. The van der Waals surface area contributed by atoms with Crippen molar-refractivity contribution in [1.29, 1.82) is 0 Å². The number of nitrogens with zero attached hydrogens (tertiary/aromatic N) is 2. The van der Waals surface area contributed by atoms with E-state index in [-0.39, 0.29) is 0 Å². The van der Waals surface area contributed by atoms with Gasteiger partial charge in [0, 0.05) is 7.05 Å². The highest BCUT2D eigenvalue weighted by atomic mass is 16.6. The minimum Gasteiger partial charge on any atom is -0.443 e. The molecule has 0 unspecified atom stereocenters. The van der Waals surface area contributed by atoms with Crippen LogP contribution in [0.4, 0.5) is 4.79 Å². The highest BCUT2D eigenvalue weighted by molar-refractivity contribution is 5.75. The zero-order chi connectivity index (χ0) is 14.8. The molecule has 0 spiro atoms. The molecule has 0 aliphatic carbocycles. The SMILES string of the molecule is Cn1c(CNNC(=O)OC(C)(C)C)nc2ccccc21. The van der Waals surface area contributed by atoms with E-state index in [0.29, 0.717) is 6.54 Å². The lowest BCUT2D eigenvalue weighted by atomic mass is 10.2. The molecule has 0 saturated carbocycles. The van der Waals surface area contributed by atoms with Gasteiger partial charge in [0.1, 0.15) is 11.4 Å². The van der Waals surface area contributed by atoms with Crippen molar-refractivity contribution in [3.63, 3.8) is 0 Å². The zero-order valence-corrected chi connectivity index (χ0v) is 12.2. The lowest BCUT2D eigenvalue weighted by Crippen LogP contribution is -2.41. The number of carbonyl (C=O) groups is 1. The minimum absolute atomic E-state index is 0.421. The van der Waals surface area contributed by atoms with Crippen molar-refractivity contribution in [3.05, 3.63) is 30.1 Å². The average Bonchev–Trinajstić information content (AvgIpc) is 2.65. The summed E-state index contributed by atoms with van der Waals surface area (Å²) in [5, 5.41) is 0. The number of aryl methyl sites for hydroxylation is 1. The van der Waals surface area contributed by atoms with Crippen LogP contribution in [0.2, 0.25) is 0 Å². The van der Waals surface area contributed by atoms with Gasteiger partial charge in [-0.25, -0.2) is 15.2 Å². The maximum Gasteiger partial charge on any atom is 0.422 e. The lowest BCUT2D eigenvalue weighted by molar-refractivity contribution is 0.0496. The summed E-state index contributed by atoms with van der Waals surface area (Å²) in [6, 6.07) is 7.89. The van der Waals surface area contributed by atoms with Gasteiger partial charge < -0.3 is 9.30 Å². The molecule has 6 heteroatoms. The molecule has 0 radical (unpaired) electrons. The number of benzene rings is 1. The van der Waals surface area contributed by atoms with E-state index in [0.717, 1.165) is 16.9 Å². The van der Waals surface area contributed by atoms with Crippen LogP contribution in [-0.2, 0) is 18.3 Å². The molecule has 2 rings (SSSR count). The summed E-state index contributed by atoms with van der Waals surface area (Å²) in [7, 11) is 1.94. The van der Waals surface area contributed by atoms with Crippen LogP contribution in [0.1, 0.15) is 26.6 Å². The first-order valence-electron chi connectivity index (χ1n) is 6.49. The number of nitrogens with one attached hydrogen (secondary N) is 2. The Morgan fingerprint density at radius 3 is 2.70 bits per heavy atom. The molecule has 0 fully saturated rings. The Bertz CT molecular complexity index is 613. The Morgan fingerprint density at radius 2 is 2.05 bits per heavy atom. The zero-order valence-electron chi connectivity index (χ0n) is 12.2. The molecule has 1 heterocycles. The maximum absolute atomic E-state index is 11.5. The van der Waals surface area contributed by atoms with E-state index in [4.69, 9.17) is 4.74 Å². The molecule has 1 amide bonds. The fourth-order valence-electron chi connectivity index (χ4n) is 1.85. The van der Waals surface area contributed by atoms with Crippen molar-refractivity contribution in [1.82, 2.24) is 20.4 Å². The first kappa shape index (κ1) is 14.3. The fourth-order valence-corrected chi connectivity index (χ4v) is 1.85. The second-order valence-electron chi connectivity index (χ2n) is 5.56. The Hall–Kier alpha value is -2.08. The van der Waals surface area contributed by atoms with E-state index < -0.39 is 11.7 Å². The van der Waals surface area contributed by atoms with E-state index in [2.05, 4.69) is 15.8 Å². The van der Waals surface area contributed by atoms with Crippen LogP contribution in [0, 0.1) is 0 Å². The Labute approximate surface area is 118 Å². The largest absolute Gasteiger partial charge is 0.443 e. The standard InChI is InChI=1S/C14H20N4O2/c1-14(2,3)20-13(19)17-15-9-12-16-10-7-5-6-8-11(10)18(12)4/h5-8,15H,9H2,1-4H3,(H,17,19). The summed E-state index contributed by atoms with van der Waals surface area (Å²) in [6.07, 6.45) is -0.503. The fraction of sp³-hybridized carbons (Fsp3) is 0.429. The van der Waals surface area contributed by atoms with Crippen molar-refractivity contribution < 1.29 is 9.53 Å². The van der Waals surface area contributed by atoms with Crippen LogP contribution < -0.4 is 10.9 Å². The lowest BCUT2D eigenvalue weighted by Gasteiger charge is -2.19. The molecule has 2 aromatic rings. The summed E-state index contributed by atoms with van der Waals surface area (Å²) >= 11 is 0. The summed E-state index contributed by atoms with van der Waals surface area (Å²) in [5.74, 6) is 0.835. The number of fused-ring (bicyclic) bond motifs is 1. The maximum atomic E-state index is 11.5. The van der Waals surface area contributed by atoms with Crippen molar-refractivity contribution in [3.8, 4) is 0 Å². The molecule has 6 nitrogen and oxygen atoms in total. The van der Waals surface area contributed by atoms with Gasteiger partial charge >= 0.3 is 6.09 Å². The van der Waals surface area contributed by atoms with Crippen molar-refractivity contribution in [2.24, 2.45) is 7.05 Å². The molecule has 1 aromatic carbocycles. The van der Waals surface area contributed by atoms with Gasteiger partial charge in [-0.1, -0.05) is 12.1 Å². The molecule has 108 valence electrons. The first-order valence-corrected chi connectivity index (χ1v) is 6.49. The number of ether oxygens (including phenoxy) is 1. The third-order valence-electron chi connectivity index (χ3n) is 2.72. The van der Waals surface area contributed by atoms with Crippen molar-refractivity contribution >= 4 is 17.1 Å². The monoisotopic (exact) mass is 276 g/mol. The molecular formula is C14H20N4O2.